The maximum absolute atomic E-state index is 11.9. The Bertz CT molecular complexity index is 775. The van der Waals surface area contributed by atoms with Gasteiger partial charge in [0.05, 0.1) is 19.8 Å². The first-order chi connectivity index (χ1) is 13.5. The van der Waals surface area contributed by atoms with E-state index in [1.165, 1.54) is 0 Å². The summed E-state index contributed by atoms with van der Waals surface area (Å²) in [5, 5.41) is 8.03. The quantitative estimate of drug-likeness (QED) is 0.619. The average Bonchev–Trinajstić information content (AvgIpc) is 2.70. The van der Waals surface area contributed by atoms with E-state index in [4.69, 9.17) is 9.47 Å². The van der Waals surface area contributed by atoms with Crippen LogP contribution < -0.4 is 25.4 Å². The van der Waals surface area contributed by atoms with Gasteiger partial charge in [-0.1, -0.05) is 30.3 Å². The molecule has 0 saturated heterocycles. The molecule has 0 aliphatic heterocycles. The summed E-state index contributed by atoms with van der Waals surface area (Å²) in [6.45, 7) is 4.48. The number of ether oxygens (including phenoxy) is 2. The van der Waals surface area contributed by atoms with Gasteiger partial charge in [-0.05, 0) is 37.6 Å². The number of methoxy groups -OCH3 is 1. The molecule has 3 amide bonds. The van der Waals surface area contributed by atoms with Gasteiger partial charge < -0.3 is 25.4 Å². The number of hydrogen-bond donors (Lipinski definition) is 3. The van der Waals surface area contributed by atoms with Gasteiger partial charge in [-0.3, -0.25) is 4.79 Å². The number of amides is 3. The molecule has 7 nitrogen and oxygen atoms in total. The van der Waals surface area contributed by atoms with E-state index in [9.17, 15) is 9.59 Å². The summed E-state index contributed by atoms with van der Waals surface area (Å²) in [4.78, 5) is 23.8. The second kappa shape index (κ2) is 10.8. The summed E-state index contributed by atoms with van der Waals surface area (Å²) in [6, 6.07) is 14.5. The van der Waals surface area contributed by atoms with Crippen molar-refractivity contribution in [3.63, 3.8) is 0 Å². The summed E-state index contributed by atoms with van der Waals surface area (Å²) >= 11 is 0. The Morgan fingerprint density at radius 1 is 0.929 bits per heavy atom. The molecule has 7 heteroatoms. The molecule has 0 aromatic heterocycles. The lowest BCUT2D eigenvalue weighted by Crippen LogP contribution is -2.41. The lowest BCUT2D eigenvalue weighted by molar-refractivity contribution is -0.120. The second-order valence-electron chi connectivity index (χ2n) is 6.44. The van der Waals surface area contributed by atoms with Gasteiger partial charge in [0.1, 0.15) is 11.5 Å². The summed E-state index contributed by atoms with van der Waals surface area (Å²) in [5.74, 6) is 1.22. The highest BCUT2D eigenvalue weighted by Gasteiger charge is 2.08. The summed E-state index contributed by atoms with van der Waals surface area (Å²) in [6.07, 6.45) is 0.0457. The van der Waals surface area contributed by atoms with Crippen molar-refractivity contribution in [1.82, 2.24) is 16.0 Å². The molecule has 0 fully saturated rings. The molecule has 3 N–H and O–H groups in total. The van der Waals surface area contributed by atoms with Crippen LogP contribution in [0.3, 0.4) is 0 Å². The monoisotopic (exact) mass is 385 g/mol. The van der Waals surface area contributed by atoms with Crippen LogP contribution in [0.4, 0.5) is 4.79 Å². The van der Waals surface area contributed by atoms with Gasteiger partial charge in [0, 0.05) is 18.7 Å². The standard InChI is InChI=1S/C21H27N3O4/c1-15(2)28-19-7-5-4-6-17(19)13-23-21(26)24-14-20(25)22-12-16-8-10-18(27-3)11-9-16/h4-11,15H,12-14H2,1-3H3,(H,22,25)(H2,23,24,26). The van der Waals surface area contributed by atoms with Crippen LogP contribution in [0.5, 0.6) is 11.5 Å². The Morgan fingerprint density at radius 3 is 2.32 bits per heavy atom. The molecule has 0 heterocycles. The van der Waals surface area contributed by atoms with Crippen LogP contribution >= 0.6 is 0 Å². The Labute approximate surface area is 165 Å². The molecular formula is C21H27N3O4. The van der Waals surface area contributed by atoms with Crippen LogP contribution in [-0.2, 0) is 17.9 Å². The number of carbonyl (C=O) groups excluding carboxylic acids is 2. The molecule has 0 radical (unpaired) electrons. The highest BCUT2D eigenvalue weighted by molar-refractivity contribution is 5.83. The van der Waals surface area contributed by atoms with Crippen molar-refractivity contribution >= 4 is 11.9 Å². The Balaban J connectivity index is 1.71. The van der Waals surface area contributed by atoms with Crippen molar-refractivity contribution in [2.24, 2.45) is 0 Å². The van der Waals surface area contributed by atoms with E-state index in [2.05, 4.69) is 16.0 Å². The van der Waals surface area contributed by atoms with Crippen LogP contribution in [0.25, 0.3) is 0 Å². The third kappa shape index (κ3) is 7.19. The molecule has 2 aromatic rings. The molecule has 0 unspecified atom stereocenters. The highest BCUT2D eigenvalue weighted by atomic mass is 16.5. The molecule has 2 rings (SSSR count). The maximum atomic E-state index is 11.9. The van der Waals surface area contributed by atoms with Crippen molar-refractivity contribution < 1.29 is 19.1 Å². The average molecular weight is 385 g/mol. The Hall–Kier alpha value is -3.22. The Morgan fingerprint density at radius 2 is 1.64 bits per heavy atom. The number of carbonyl (C=O) groups is 2. The van der Waals surface area contributed by atoms with E-state index >= 15 is 0 Å². The van der Waals surface area contributed by atoms with E-state index in [0.717, 1.165) is 22.6 Å². The molecule has 28 heavy (non-hydrogen) atoms. The van der Waals surface area contributed by atoms with Crippen molar-refractivity contribution in [2.45, 2.75) is 33.0 Å². The summed E-state index contributed by atoms with van der Waals surface area (Å²) in [5.41, 5.74) is 1.82. The predicted molar refractivity (Wildman–Crippen MR) is 107 cm³/mol. The number of nitrogens with one attached hydrogen (secondary N) is 3. The molecule has 0 bridgehead atoms. The minimum atomic E-state index is -0.418. The zero-order valence-electron chi connectivity index (χ0n) is 16.5. The van der Waals surface area contributed by atoms with E-state index in [1.807, 2.05) is 62.4 Å². The number of para-hydroxylation sites is 1. The smallest absolute Gasteiger partial charge is 0.315 e. The molecule has 0 saturated carbocycles. The van der Waals surface area contributed by atoms with Gasteiger partial charge in [0.2, 0.25) is 5.91 Å². The van der Waals surface area contributed by atoms with Crippen LogP contribution in [0.2, 0.25) is 0 Å². The third-order valence-electron chi connectivity index (χ3n) is 3.83. The number of rotatable bonds is 9. The van der Waals surface area contributed by atoms with E-state index in [-0.39, 0.29) is 18.6 Å². The molecule has 0 spiro atoms. The molecule has 0 aliphatic rings. The first kappa shape index (κ1) is 21.1. The zero-order chi connectivity index (χ0) is 20.4. The van der Waals surface area contributed by atoms with Crippen LogP contribution in [0.1, 0.15) is 25.0 Å². The van der Waals surface area contributed by atoms with E-state index in [1.54, 1.807) is 7.11 Å². The minimum Gasteiger partial charge on any atom is -0.497 e. The number of hydrogen-bond acceptors (Lipinski definition) is 4. The first-order valence-corrected chi connectivity index (χ1v) is 9.14. The molecule has 0 aliphatic carbocycles. The maximum Gasteiger partial charge on any atom is 0.315 e. The number of benzene rings is 2. The first-order valence-electron chi connectivity index (χ1n) is 9.14. The van der Waals surface area contributed by atoms with E-state index in [0.29, 0.717) is 13.1 Å². The van der Waals surface area contributed by atoms with Crippen molar-refractivity contribution in [3.8, 4) is 11.5 Å². The SMILES string of the molecule is COc1ccc(CNC(=O)CNC(=O)NCc2ccccc2OC(C)C)cc1. The van der Waals surface area contributed by atoms with Gasteiger partial charge in [0.25, 0.3) is 0 Å². The highest BCUT2D eigenvalue weighted by Crippen LogP contribution is 2.19. The predicted octanol–water partition coefficient (Wildman–Crippen LogP) is 2.60. The van der Waals surface area contributed by atoms with E-state index < -0.39 is 6.03 Å². The lowest BCUT2D eigenvalue weighted by Gasteiger charge is -2.14. The van der Waals surface area contributed by atoms with Crippen LogP contribution in [0, 0.1) is 0 Å². The largest absolute Gasteiger partial charge is 0.497 e. The normalized spacial score (nSPS) is 10.3. The molecular weight excluding hydrogens is 358 g/mol. The summed E-state index contributed by atoms with van der Waals surface area (Å²) in [7, 11) is 1.60. The van der Waals surface area contributed by atoms with Gasteiger partial charge >= 0.3 is 6.03 Å². The van der Waals surface area contributed by atoms with Gasteiger partial charge in [-0.25, -0.2) is 4.79 Å². The third-order valence-corrected chi connectivity index (χ3v) is 3.83. The van der Waals surface area contributed by atoms with Gasteiger partial charge in [0.15, 0.2) is 0 Å². The van der Waals surface area contributed by atoms with Crippen LogP contribution in [-0.4, -0.2) is 31.7 Å². The van der Waals surface area contributed by atoms with Crippen LogP contribution in [0.15, 0.2) is 48.5 Å². The summed E-state index contributed by atoms with van der Waals surface area (Å²) < 4.78 is 10.8. The van der Waals surface area contributed by atoms with Crippen molar-refractivity contribution in [1.29, 1.82) is 0 Å². The fraction of sp³-hybridized carbons (Fsp3) is 0.333. The lowest BCUT2D eigenvalue weighted by atomic mass is 10.2. The zero-order valence-corrected chi connectivity index (χ0v) is 16.5. The number of urea groups is 1. The molecule has 150 valence electrons. The van der Waals surface area contributed by atoms with Gasteiger partial charge in [-0.2, -0.15) is 0 Å². The molecule has 0 atom stereocenters. The molecule has 2 aromatic carbocycles. The van der Waals surface area contributed by atoms with Gasteiger partial charge in [-0.15, -0.1) is 0 Å². The topological polar surface area (TPSA) is 88.7 Å². The minimum absolute atomic E-state index is 0.0457. The second-order valence-corrected chi connectivity index (χ2v) is 6.44. The van der Waals surface area contributed by atoms with Crippen molar-refractivity contribution in [2.75, 3.05) is 13.7 Å². The Kier molecular flexibility index (Phi) is 8.14. The fourth-order valence-corrected chi connectivity index (χ4v) is 2.42. The van der Waals surface area contributed by atoms with Crippen molar-refractivity contribution in [3.05, 3.63) is 59.7 Å². The fourth-order valence-electron chi connectivity index (χ4n) is 2.42.